The third-order valence-corrected chi connectivity index (χ3v) is 17.6. The summed E-state index contributed by atoms with van der Waals surface area (Å²) in [7, 11) is 0. The van der Waals surface area contributed by atoms with Gasteiger partial charge in [-0.1, -0.05) is 121 Å². The van der Waals surface area contributed by atoms with Crippen molar-refractivity contribution in [1.82, 2.24) is 0 Å². The van der Waals surface area contributed by atoms with E-state index in [2.05, 4.69) is 40.2 Å². The summed E-state index contributed by atoms with van der Waals surface area (Å²) in [5.41, 5.74) is 22.4. The molecule has 5 aromatic heterocycles. The lowest BCUT2D eigenvalue weighted by atomic mass is 10.0. The molecule has 0 atom stereocenters. The lowest BCUT2D eigenvalue weighted by Crippen LogP contribution is -2.02. The largest absolute Gasteiger partial charge is 0.504 e. The van der Waals surface area contributed by atoms with Crippen LogP contribution in [0.2, 0.25) is 0 Å². The molecule has 5 heterocycles. The monoisotopic (exact) mass is 1170 g/mol. The summed E-state index contributed by atoms with van der Waals surface area (Å²) in [6.07, 6.45) is 0. The van der Waals surface area contributed by atoms with Crippen LogP contribution in [0.15, 0.2) is 163 Å². The molecular weight excluding hydrogens is 1120 g/mol. The third kappa shape index (κ3) is 16.0. The number of benzene rings is 4. The van der Waals surface area contributed by atoms with Gasteiger partial charge < -0.3 is 26.8 Å². The van der Waals surface area contributed by atoms with Gasteiger partial charge in [-0.2, -0.15) is 0 Å². The Morgan fingerprint density at radius 2 is 0.724 bits per heavy atom. The molecule has 12 nitrogen and oxygen atoms in total. The number of thiophene rings is 5. The van der Waals surface area contributed by atoms with E-state index < -0.39 is 11.9 Å². The summed E-state index contributed by atoms with van der Waals surface area (Å²) in [5.74, 6) is -1.81. The fourth-order valence-corrected chi connectivity index (χ4v) is 11.6. The van der Waals surface area contributed by atoms with E-state index in [1.165, 1.54) is 40.9 Å². The SMILES string of the molecule is CC(=O)c1scc(Br)c1C.CC(=O)c1scc(N)c1O.CC(=O)c1scc(N=C(c2ccccc2)c2ccccc2)c1C.Cc1c(N)csc1C(=O)O.Cc1c(N=C(c2ccccc2)c2ccccc2)csc1C(=O)O. The molecule has 390 valence electrons. The summed E-state index contributed by atoms with van der Waals surface area (Å²) in [6, 6.07) is 40.1. The Kier molecular flexibility index (Phi) is 22.2. The Labute approximate surface area is 469 Å². The van der Waals surface area contributed by atoms with Crippen molar-refractivity contribution in [2.75, 3.05) is 11.5 Å². The van der Waals surface area contributed by atoms with Crippen molar-refractivity contribution in [3.05, 3.63) is 222 Å². The molecule has 0 aliphatic carbocycles. The third-order valence-electron chi connectivity index (χ3n) is 10.9. The summed E-state index contributed by atoms with van der Waals surface area (Å²) >= 11 is 9.82. The van der Waals surface area contributed by atoms with Crippen LogP contribution < -0.4 is 11.5 Å². The Balaban J connectivity index is 0.000000186. The maximum atomic E-state index is 11.7. The number of Topliss-reactive ketones (excluding diaryl/α,β-unsaturated/α-hetero) is 3. The number of aromatic carboxylic acids is 2. The summed E-state index contributed by atoms with van der Waals surface area (Å²) < 4.78 is 1.03. The predicted molar refractivity (Wildman–Crippen MR) is 319 cm³/mol. The standard InChI is InChI=1S/C20H17NOS.C19H15NO2S.C7H7BrOS.2C6H7NO2S/c1-14-18(13-23-20(14)15(2)22)21-19(16-9-5-3-6-10-16)17-11-7-4-8-12-17;1-13-16(12-23-18(13)19(21)22)20-17(14-8-4-2-5-9-14)15-10-6-3-7-11-15;1-4-6(8)3-10-7(4)5(2)9;1-3(8)6-5(9)4(7)2-10-6;1-3-4(7)2-10-5(3)6(8)9/h3-13H,1-2H3;2-12H,1H3,(H,21,22);3H,1-2H3;2,9H,7H2,1H3;2H,7H2,1H3,(H,8,9). The molecule has 9 rings (SSSR count). The summed E-state index contributed by atoms with van der Waals surface area (Å²) in [4.78, 5) is 67.1. The smallest absolute Gasteiger partial charge is 0.346 e. The first-order valence-electron chi connectivity index (χ1n) is 22.9. The average Bonchev–Trinajstić information content (AvgIpc) is 4.24. The lowest BCUT2D eigenvalue weighted by Gasteiger charge is -2.07. The van der Waals surface area contributed by atoms with E-state index >= 15 is 0 Å². The van der Waals surface area contributed by atoms with E-state index in [0.29, 0.717) is 37.1 Å². The zero-order chi connectivity index (χ0) is 55.6. The van der Waals surface area contributed by atoms with Gasteiger partial charge in [0.1, 0.15) is 14.6 Å². The molecule has 0 aliphatic rings. The van der Waals surface area contributed by atoms with Crippen molar-refractivity contribution in [3.63, 3.8) is 0 Å². The van der Waals surface area contributed by atoms with Crippen LogP contribution in [0, 0.1) is 27.7 Å². The minimum atomic E-state index is -0.907. The molecular formula is C58H53BrN4O8S5. The maximum absolute atomic E-state index is 11.7. The molecule has 0 spiro atoms. The van der Waals surface area contributed by atoms with Gasteiger partial charge in [0.2, 0.25) is 0 Å². The van der Waals surface area contributed by atoms with Gasteiger partial charge in [-0.15, -0.1) is 56.7 Å². The molecule has 0 unspecified atom stereocenters. The average molecular weight is 1170 g/mol. The quantitative estimate of drug-likeness (QED) is 0.0609. The van der Waals surface area contributed by atoms with Crippen LogP contribution in [0.1, 0.15) is 114 Å². The van der Waals surface area contributed by atoms with E-state index in [-0.39, 0.29) is 28.8 Å². The fraction of sp³-hybridized carbons (Fsp3) is 0.121. The second-order valence-electron chi connectivity index (χ2n) is 16.4. The second kappa shape index (κ2) is 28.4. The number of hydrogen-bond donors (Lipinski definition) is 5. The van der Waals surface area contributed by atoms with Gasteiger partial charge in [-0.3, -0.25) is 14.4 Å². The molecule has 0 saturated heterocycles. The number of carbonyl (C=O) groups is 5. The van der Waals surface area contributed by atoms with Gasteiger partial charge in [0.15, 0.2) is 23.1 Å². The molecule has 0 amide bonds. The highest BCUT2D eigenvalue weighted by Crippen LogP contribution is 2.33. The number of nitrogens with zero attached hydrogens (tertiary/aromatic N) is 2. The Morgan fingerprint density at radius 3 is 0.961 bits per heavy atom. The molecule has 0 bridgehead atoms. The van der Waals surface area contributed by atoms with Crippen molar-refractivity contribution < 1.29 is 39.3 Å². The molecule has 0 aliphatic heterocycles. The Morgan fingerprint density at radius 1 is 0.421 bits per heavy atom. The van der Waals surface area contributed by atoms with Gasteiger partial charge in [0, 0.05) is 71.8 Å². The van der Waals surface area contributed by atoms with Crippen LogP contribution in [0.25, 0.3) is 0 Å². The van der Waals surface area contributed by atoms with Gasteiger partial charge >= 0.3 is 11.9 Å². The maximum Gasteiger partial charge on any atom is 0.346 e. The van der Waals surface area contributed by atoms with Crippen molar-refractivity contribution in [2.24, 2.45) is 9.98 Å². The summed E-state index contributed by atoms with van der Waals surface area (Å²) in [6.45, 7) is 12.0. The zero-order valence-electron chi connectivity index (χ0n) is 42.3. The molecule has 4 aromatic carbocycles. The number of aliphatic imine (C=N–C) groups is 2. The van der Waals surface area contributed by atoms with Gasteiger partial charge in [-0.25, -0.2) is 19.6 Å². The van der Waals surface area contributed by atoms with Crippen molar-refractivity contribution in [2.45, 2.75) is 48.5 Å². The minimum Gasteiger partial charge on any atom is -0.504 e. The number of nitrogen functional groups attached to an aromatic ring is 2. The van der Waals surface area contributed by atoms with Gasteiger partial charge in [0.05, 0.1) is 38.2 Å². The first kappa shape index (κ1) is 59.4. The van der Waals surface area contributed by atoms with Crippen LogP contribution in [0.3, 0.4) is 0 Å². The van der Waals surface area contributed by atoms with E-state index in [9.17, 15) is 29.1 Å². The second-order valence-corrected chi connectivity index (χ2v) is 21.6. The number of nitrogens with two attached hydrogens (primary N) is 2. The van der Waals surface area contributed by atoms with Crippen molar-refractivity contribution >= 4 is 136 Å². The predicted octanol–water partition coefficient (Wildman–Crippen LogP) is 15.9. The molecule has 18 heteroatoms. The van der Waals surface area contributed by atoms with E-state index in [0.717, 1.165) is 87.4 Å². The highest BCUT2D eigenvalue weighted by atomic mass is 79.9. The number of anilines is 2. The van der Waals surface area contributed by atoms with Crippen LogP contribution in [0.4, 0.5) is 22.7 Å². The molecule has 0 fully saturated rings. The van der Waals surface area contributed by atoms with Crippen LogP contribution >= 0.6 is 72.6 Å². The number of hydrogen-bond acceptors (Lipinski definition) is 15. The van der Waals surface area contributed by atoms with E-state index in [1.807, 2.05) is 122 Å². The van der Waals surface area contributed by atoms with Gasteiger partial charge in [0.25, 0.3) is 0 Å². The normalized spacial score (nSPS) is 10.1. The molecule has 7 N–H and O–H groups in total. The summed E-state index contributed by atoms with van der Waals surface area (Å²) in [5, 5.41) is 35.7. The molecule has 76 heavy (non-hydrogen) atoms. The number of halogens is 1. The first-order valence-corrected chi connectivity index (χ1v) is 28.1. The topological polar surface area (TPSA) is 223 Å². The first-order chi connectivity index (χ1) is 36.2. The molecule has 9 aromatic rings. The van der Waals surface area contributed by atoms with Gasteiger partial charge in [-0.05, 0) is 74.2 Å². The van der Waals surface area contributed by atoms with Crippen molar-refractivity contribution in [3.8, 4) is 5.75 Å². The Hall–Kier alpha value is -7.45. The number of ketones is 3. The van der Waals surface area contributed by atoms with E-state index in [4.69, 9.17) is 31.7 Å². The minimum absolute atomic E-state index is 0.0856. The number of carboxylic acid groups (broad SMARTS) is 2. The number of carbonyl (C=O) groups excluding carboxylic acids is 3. The molecule has 0 radical (unpaired) electrons. The highest BCUT2D eigenvalue weighted by molar-refractivity contribution is 9.10. The fourth-order valence-electron chi connectivity index (χ4n) is 6.81. The lowest BCUT2D eigenvalue weighted by molar-refractivity contribution is 0.0690. The zero-order valence-corrected chi connectivity index (χ0v) is 48.0. The van der Waals surface area contributed by atoms with Crippen LogP contribution in [0.5, 0.6) is 5.75 Å². The van der Waals surface area contributed by atoms with Crippen LogP contribution in [-0.2, 0) is 0 Å². The van der Waals surface area contributed by atoms with E-state index in [1.54, 1.807) is 43.8 Å². The Bertz CT molecular complexity index is 3140. The number of rotatable bonds is 11. The number of aromatic hydroxyl groups is 1. The number of carboxylic acids is 2. The van der Waals surface area contributed by atoms with Crippen molar-refractivity contribution in [1.29, 1.82) is 0 Å². The highest BCUT2D eigenvalue weighted by Gasteiger charge is 2.17. The van der Waals surface area contributed by atoms with Crippen LogP contribution in [-0.4, -0.2) is 56.0 Å². The molecule has 0 saturated carbocycles.